The van der Waals surface area contributed by atoms with Crippen molar-refractivity contribution in [1.82, 2.24) is 0 Å². The van der Waals surface area contributed by atoms with Crippen molar-refractivity contribution in [1.29, 1.82) is 0 Å². The fraction of sp³-hybridized carbons (Fsp3) is 0.364. The van der Waals surface area contributed by atoms with E-state index in [1.54, 1.807) is 18.2 Å². The molecule has 0 aliphatic heterocycles. The molecule has 1 aromatic rings. The monoisotopic (exact) mass is 277 g/mol. The summed E-state index contributed by atoms with van der Waals surface area (Å²) in [6.45, 7) is 5.58. The first-order chi connectivity index (χ1) is 7.30. The lowest BCUT2D eigenvalue weighted by molar-refractivity contribution is 0.651. The molecular formula is C11H13Cl2NOS. The maximum absolute atomic E-state index is 11.7. The Balaban J connectivity index is 2.93. The summed E-state index contributed by atoms with van der Waals surface area (Å²) in [6.07, 6.45) is 1.50. The average molecular weight is 278 g/mol. The van der Waals surface area contributed by atoms with Crippen LogP contribution in [0, 0.1) is 0 Å². The molecule has 0 amide bonds. The maximum Gasteiger partial charge on any atom is 0.144 e. The summed E-state index contributed by atoms with van der Waals surface area (Å²) >= 11 is 11.8. The molecule has 0 spiro atoms. The van der Waals surface area contributed by atoms with E-state index in [0.29, 0.717) is 15.6 Å². The average Bonchev–Trinajstić information content (AvgIpc) is 2.17. The van der Waals surface area contributed by atoms with Gasteiger partial charge in [-0.2, -0.15) is 4.40 Å². The molecule has 1 atom stereocenters. The molecule has 0 aromatic heterocycles. The Bertz CT molecular complexity index is 438. The molecule has 1 aromatic carbocycles. The second-order valence-corrected chi connectivity index (χ2v) is 7.04. The van der Waals surface area contributed by atoms with E-state index in [0.717, 1.165) is 0 Å². The summed E-state index contributed by atoms with van der Waals surface area (Å²) in [4.78, 5) is 0. The zero-order valence-corrected chi connectivity index (χ0v) is 11.7. The Labute approximate surface area is 108 Å². The fourth-order valence-electron chi connectivity index (χ4n) is 0.876. The molecule has 1 rings (SSSR count). The predicted molar refractivity (Wildman–Crippen MR) is 72.0 cm³/mol. The smallest absolute Gasteiger partial charge is 0.144 e. The van der Waals surface area contributed by atoms with Crippen LogP contribution in [0.25, 0.3) is 0 Å². The van der Waals surface area contributed by atoms with E-state index in [9.17, 15) is 4.21 Å². The van der Waals surface area contributed by atoms with E-state index in [1.165, 1.54) is 6.21 Å². The molecule has 5 heteroatoms. The van der Waals surface area contributed by atoms with Gasteiger partial charge in [0.2, 0.25) is 0 Å². The summed E-state index contributed by atoms with van der Waals surface area (Å²) in [5.41, 5.74) is 0.673. The van der Waals surface area contributed by atoms with Crippen LogP contribution in [0.2, 0.25) is 10.0 Å². The molecule has 0 saturated heterocycles. The van der Waals surface area contributed by atoms with Gasteiger partial charge in [0.05, 0.1) is 4.75 Å². The minimum absolute atomic E-state index is 0.373. The Morgan fingerprint density at radius 1 is 1.31 bits per heavy atom. The summed E-state index contributed by atoms with van der Waals surface area (Å²) < 4.78 is 15.3. The van der Waals surface area contributed by atoms with Crippen molar-refractivity contribution in [3.63, 3.8) is 0 Å². The summed E-state index contributed by atoms with van der Waals surface area (Å²) in [5.74, 6) is 0. The highest BCUT2D eigenvalue weighted by molar-refractivity contribution is 7.85. The second-order valence-electron chi connectivity index (χ2n) is 4.26. The van der Waals surface area contributed by atoms with Gasteiger partial charge in [-0.1, -0.05) is 23.2 Å². The highest BCUT2D eigenvalue weighted by Crippen LogP contribution is 2.19. The Kier molecular flexibility index (Phi) is 4.53. The van der Waals surface area contributed by atoms with Gasteiger partial charge in [-0.05, 0) is 39.0 Å². The standard InChI is InChI=1S/C11H13Cl2NOS/c1-11(2,3)16(15)14-7-8-6-9(12)4-5-10(8)13/h4-7H,1-3H3. The van der Waals surface area contributed by atoms with Crippen LogP contribution in [0.3, 0.4) is 0 Å². The largest absolute Gasteiger partial charge is 0.234 e. The fourth-order valence-corrected chi connectivity index (χ4v) is 1.75. The van der Waals surface area contributed by atoms with Crippen LogP contribution in [0.4, 0.5) is 0 Å². The Hall–Kier alpha value is -0.380. The summed E-state index contributed by atoms with van der Waals surface area (Å²) in [7, 11) is -1.28. The summed E-state index contributed by atoms with van der Waals surface area (Å²) in [6, 6.07) is 5.07. The first kappa shape index (κ1) is 13.7. The van der Waals surface area contributed by atoms with Gasteiger partial charge in [-0.3, -0.25) is 0 Å². The van der Waals surface area contributed by atoms with Crippen LogP contribution in [-0.4, -0.2) is 15.2 Å². The topological polar surface area (TPSA) is 29.4 Å². The van der Waals surface area contributed by atoms with Gasteiger partial charge in [0.1, 0.15) is 11.0 Å². The number of hydrogen-bond donors (Lipinski definition) is 0. The molecule has 0 saturated carbocycles. The third-order valence-electron chi connectivity index (χ3n) is 1.77. The molecule has 0 aliphatic carbocycles. The molecule has 0 N–H and O–H groups in total. The number of benzene rings is 1. The molecule has 16 heavy (non-hydrogen) atoms. The number of nitrogens with zero attached hydrogens (tertiary/aromatic N) is 1. The molecule has 0 heterocycles. The lowest BCUT2D eigenvalue weighted by atomic mass is 10.2. The van der Waals surface area contributed by atoms with Crippen LogP contribution in [0.1, 0.15) is 26.3 Å². The van der Waals surface area contributed by atoms with Gasteiger partial charge >= 0.3 is 0 Å². The zero-order chi connectivity index (χ0) is 12.3. The van der Waals surface area contributed by atoms with Crippen molar-refractivity contribution in [2.75, 3.05) is 0 Å². The van der Waals surface area contributed by atoms with E-state index in [2.05, 4.69) is 4.40 Å². The van der Waals surface area contributed by atoms with E-state index >= 15 is 0 Å². The maximum atomic E-state index is 11.7. The molecule has 0 fully saturated rings. The van der Waals surface area contributed by atoms with E-state index in [4.69, 9.17) is 23.2 Å². The zero-order valence-electron chi connectivity index (χ0n) is 9.33. The van der Waals surface area contributed by atoms with Gasteiger partial charge < -0.3 is 0 Å². The van der Waals surface area contributed by atoms with Crippen molar-refractivity contribution in [2.45, 2.75) is 25.5 Å². The predicted octanol–water partition coefficient (Wildman–Crippen LogP) is 3.87. The molecule has 2 nitrogen and oxygen atoms in total. The molecule has 1 unspecified atom stereocenters. The van der Waals surface area contributed by atoms with Crippen LogP contribution >= 0.6 is 23.2 Å². The molecule has 0 radical (unpaired) electrons. The van der Waals surface area contributed by atoms with Crippen molar-refractivity contribution in [3.8, 4) is 0 Å². The van der Waals surface area contributed by atoms with E-state index in [1.807, 2.05) is 20.8 Å². The highest BCUT2D eigenvalue weighted by atomic mass is 35.5. The van der Waals surface area contributed by atoms with Crippen LogP contribution in [-0.2, 0) is 11.0 Å². The first-order valence-corrected chi connectivity index (χ1v) is 6.58. The normalized spacial score (nSPS) is 14.3. The third-order valence-corrected chi connectivity index (χ3v) is 3.69. The van der Waals surface area contributed by atoms with Gasteiger partial charge in [0.15, 0.2) is 0 Å². The number of rotatable bonds is 2. The van der Waals surface area contributed by atoms with Crippen molar-refractivity contribution in [2.24, 2.45) is 4.40 Å². The molecular weight excluding hydrogens is 265 g/mol. The first-order valence-electron chi connectivity index (χ1n) is 4.72. The van der Waals surface area contributed by atoms with Gasteiger partial charge in [0.25, 0.3) is 0 Å². The number of halogens is 2. The van der Waals surface area contributed by atoms with E-state index in [-0.39, 0.29) is 4.75 Å². The van der Waals surface area contributed by atoms with E-state index < -0.39 is 11.0 Å². The minimum atomic E-state index is -1.28. The van der Waals surface area contributed by atoms with Crippen molar-refractivity contribution >= 4 is 40.4 Å². The molecule has 88 valence electrons. The van der Waals surface area contributed by atoms with Crippen LogP contribution in [0.15, 0.2) is 22.6 Å². The lowest BCUT2D eigenvalue weighted by Gasteiger charge is -2.12. The quantitative estimate of drug-likeness (QED) is 0.755. The minimum Gasteiger partial charge on any atom is -0.234 e. The lowest BCUT2D eigenvalue weighted by Crippen LogP contribution is -2.19. The summed E-state index contributed by atoms with van der Waals surface area (Å²) in [5, 5.41) is 1.12. The third kappa shape index (κ3) is 3.89. The van der Waals surface area contributed by atoms with Gasteiger partial charge in [0, 0.05) is 21.8 Å². The highest BCUT2D eigenvalue weighted by Gasteiger charge is 2.18. The molecule has 0 aliphatic rings. The van der Waals surface area contributed by atoms with Gasteiger partial charge in [-0.15, -0.1) is 0 Å². The van der Waals surface area contributed by atoms with Crippen LogP contribution in [0.5, 0.6) is 0 Å². The second kappa shape index (κ2) is 5.30. The Morgan fingerprint density at radius 2 is 1.94 bits per heavy atom. The SMILES string of the molecule is CC(C)(C)S(=O)N=Cc1cc(Cl)ccc1Cl. The molecule has 0 bridgehead atoms. The van der Waals surface area contributed by atoms with Crippen molar-refractivity contribution in [3.05, 3.63) is 33.8 Å². The number of hydrogen-bond acceptors (Lipinski definition) is 1. The Morgan fingerprint density at radius 3 is 2.50 bits per heavy atom. The van der Waals surface area contributed by atoms with Crippen LogP contribution < -0.4 is 0 Å². The van der Waals surface area contributed by atoms with Crippen molar-refractivity contribution < 1.29 is 4.21 Å². The van der Waals surface area contributed by atoms with Gasteiger partial charge in [-0.25, -0.2) is 4.21 Å².